The van der Waals surface area contributed by atoms with Gasteiger partial charge in [-0.05, 0) is 18.7 Å². The number of nitrogens with zero attached hydrogens (tertiary/aromatic N) is 3. The first kappa shape index (κ1) is 11.1. The summed E-state index contributed by atoms with van der Waals surface area (Å²) in [6.45, 7) is 0.564. The van der Waals surface area contributed by atoms with Gasteiger partial charge in [0.1, 0.15) is 5.82 Å². The highest BCUT2D eigenvalue weighted by molar-refractivity contribution is 6.33. The minimum Gasteiger partial charge on any atom is -0.330 e. The van der Waals surface area contributed by atoms with Gasteiger partial charge in [0, 0.05) is 19.0 Å². The number of hydrogen-bond donors (Lipinski definition) is 1. The Bertz CT molecular complexity index is 492. The zero-order chi connectivity index (χ0) is 11.5. The fraction of sp³-hybridized carbons (Fsp3) is 0.273. The van der Waals surface area contributed by atoms with Crippen LogP contribution in [-0.2, 0) is 13.5 Å². The van der Waals surface area contributed by atoms with Crippen molar-refractivity contribution in [2.45, 2.75) is 6.42 Å². The Labute approximate surface area is 99.1 Å². The number of benzene rings is 1. The summed E-state index contributed by atoms with van der Waals surface area (Å²) in [5.74, 6) is 1.64. The number of rotatable bonds is 3. The third-order valence-corrected chi connectivity index (χ3v) is 2.78. The van der Waals surface area contributed by atoms with Gasteiger partial charge in [0.25, 0.3) is 0 Å². The standard InChI is InChI=1S/C11H13ClN4/c1-16-10(6-7-13)14-15-11(16)8-4-2-3-5-9(8)12/h2-5H,6-7,13H2,1H3. The Morgan fingerprint density at radius 3 is 2.75 bits per heavy atom. The molecule has 0 fully saturated rings. The van der Waals surface area contributed by atoms with Crippen LogP contribution in [0.2, 0.25) is 5.02 Å². The van der Waals surface area contributed by atoms with Crippen molar-refractivity contribution in [3.8, 4) is 11.4 Å². The smallest absolute Gasteiger partial charge is 0.165 e. The third kappa shape index (κ3) is 1.94. The van der Waals surface area contributed by atoms with Gasteiger partial charge in [0.2, 0.25) is 0 Å². The predicted octanol–water partition coefficient (Wildman–Crippen LogP) is 1.64. The van der Waals surface area contributed by atoms with Crippen molar-refractivity contribution >= 4 is 11.6 Å². The second-order valence-corrected chi connectivity index (χ2v) is 3.92. The molecule has 1 aromatic heterocycles. The first-order valence-corrected chi connectivity index (χ1v) is 5.45. The molecule has 0 atom stereocenters. The molecule has 0 radical (unpaired) electrons. The van der Waals surface area contributed by atoms with Crippen molar-refractivity contribution in [2.75, 3.05) is 6.54 Å². The third-order valence-electron chi connectivity index (χ3n) is 2.45. The van der Waals surface area contributed by atoms with Crippen molar-refractivity contribution in [3.63, 3.8) is 0 Å². The first-order valence-electron chi connectivity index (χ1n) is 5.07. The molecule has 0 spiro atoms. The van der Waals surface area contributed by atoms with E-state index >= 15 is 0 Å². The van der Waals surface area contributed by atoms with Gasteiger partial charge in [-0.3, -0.25) is 0 Å². The highest BCUT2D eigenvalue weighted by Gasteiger charge is 2.12. The molecule has 4 nitrogen and oxygen atoms in total. The summed E-state index contributed by atoms with van der Waals surface area (Å²) < 4.78 is 1.92. The SMILES string of the molecule is Cn1c(CCN)nnc1-c1ccccc1Cl. The van der Waals surface area contributed by atoms with E-state index in [1.165, 1.54) is 0 Å². The molecule has 2 aromatic rings. The minimum absolute atomic E-state index is 0.564. The van der Waals surface area contributed by atoms with Gasteiger partial charge >= 0.3 is 0 Å². The number of aromatic nitrogens is 3. The molecule has 0 unspecified atom stereocenters. The summed E-state index contributed by atoms with van der Waals surface area (Å²) >= 11 is 6.11. The van der Waals surface area contributed by atoms with Crippen molar-refractivity contribution in [1.29, 1.82) is 0 Å². The van der Waals surface area contributed by atoms with Crippen LogP contribution in [0.5, 0.6) is 0 Å². The Kier molecular flexibility index (Phi) is 3.22. The van der Waals surface area contributed by atoms with Crippen LogP contribution in [0.15, 0.2) is 24.3 Å². The largest absolute Gasteiger partial charge is 0.330 e. The topological polar surface area (TPSA) is 56.7 Å². The van der Waals surface area contributed by atoms with E-state index in [0.717, 1.165) is 17.2 Å². The van der Waals surface area contributed by atoms with Crippen LogP contribution in [-0.4, -0.2) is 21.3 Å². The summed E-state index contributed by atoms with van der Waals surface area (Å²) in [5, 5.41) is 8.91. The molecule has 84 valence electrons. The van der Waals surface area contributed by atoms with E-state index in [9.17, 15) is 0 Å². The van der Waals surface area contributed by atoms with E-state index in [-0.39, 0.29) is 0 Å². The number of nitrogens with two attached hydrogens (primary N) is 1. The van der Waals surface area contributed by atoms with Gasteiger partial charge in [-0.25, -0.2) is 0 Å². The van der Waals surface area contributed by atoms with E-state index < -0.39 is 0 Å². The molecule has 16 heavy (non-hydrogen) atoms. The van der Waals surface area contributed by atoms with Crippen LogP contribution in [0.4, 0.5) is 0 Å². The lowest BCUT2D eigenvalue weighted by Gasteiger charge is -2.04. The predicted molar refractivity (Wildman–Crippen MR) is 64.2 cm³/mol. The molecule has 0 saturated heterocycles. The fourth-order valence-corrected chi connectivity index (χ4v) is 1.81. The molecular formula is C11H13ClN4. The molecule has 0 aliphatic carbocycles. The quantitative estimate of drug-likeness (QED) is 0.882. The van der Waals surface area contributed by atoms with Crippen LogP contribution in [0.1, 0.15) is 5.82 Å². The van der Waals surface area contributed by atoms with E-state index in [2.05, 4.69) is 10.2 Å². The lowest BCUT2D eigenvalue weighted by atomic mass is 10.2. The van der Waals surface area contributed by atoms with Crippen LogP contribution in [0.3, 0.4) is 0 Å². The summed E-state index contributed by atoms with van der Waals surface area (Å²) in [6.07, 6.45) is 0.716. The Hall–Kier alpha value is -1.39. The zero-order valence-corrected chi connectivity index (χ0v) is 9.78. The molecule has 1 heterocycles. The Morgan fingerprint density at radius 1 is 1.31 bits per heavy atom. The fourth-order valence-electron chi connectivity index (χ4n) is 1.59. The van der Waals surface area contributed by atoms with Gasteiger partial charge in [-0.2, -0.15) is 0 Å². The maximum Gasteiger partial charge on any atom is 0.165 e. The van der Waals surface area contributed by atoms with Gasteiger partial charge in [-0.15, -0.1) is 10.2 Å². The van der Waals surface area contributed by atoms with Crippen molar-refractivity contribution < 1.29 is 0 Å². The lowest BCUT2D eigenvalue weighted by molar-refractivity contribution is 0.780. The van der Waals surface area contributed by atoms with Gasteiger partial charge in [0.15, 0.2) is 5.82 Å². The second-order valence-electron chi connectivity index (χ2n) is 3.52. The van der Waals surface area contributed by atoms with Gasteiger partial charge in [-0.1, -0.05) is 23.7 Å². The van der Waals surface area contributed by atoms with Crippen molar-refractivity contribution in [3.05, 3.63) is 35.1 Å². The normalized spacial score (nSPS) is 10.7. The van der Waals surface area contributed by atoms with E-state index in [0.29, 0.717) is 18.0 Å². The summed E-state index contributed by atoms with van der Waals surface area (Å²) in [5.41, 5.74) is 6.39. The molecular weight excluding hydrogens is 224 g/mol. The average Bonchev–Trinajstić information content (AvgIpc) is 2.62. The molecule has 0 bridgehead atoms. The zero-order valence-electron chi connectivity index (χ0n) is 9.02. The van der Waals surface area contributed by atoms with Gasteiger partial charge < -0.3 is 10.3 Å². The number of hydrogen-bond acceptors (Lipinski definition) is 3. The van der Waals surface area contributed by atoms with Crippen molar-refractivity contribution in [2.24, 2.45) is 12.8 Å². The van der Waals surface area contributed by atoms with E-state index in [1.807, 2.05) is 35.9 Å². The lowest BCUT2D eigenvalue weighted by Crippen LogP contribution is -2.08. The van der Waals surface area contributed by atoms with E-state index in [1.54, 1.807) is 0 Å². The molecule has 5 heteroatoms. The number of halogens is 1. The first-order chi connectivity index (χ1) is 7.74. The van der Waals surface area contributed by atoms with E-state index in [4.69, 9.17) is 17.3 Å². The van der Waals surface area contributed by atoms with Crippen LogP contribution >= 0.6 is 11.6 Å². The Morgan fingerprint density at radius 2 is 2.06 bits per heavy atom. The summed E-state index contributed by atoms with van der Waals surface area (Å²) in [4.78, 5) is 0. The summed E-state index contributed by atoms with van der Waals surface area (Å²) in [6, 6.07) is 7.59. The molecule has 0 aliphatic rings. The minimum atomic E-state index is 0.564. The highest BCUT2D eigenvalue weighted by atomic mass is 35.5. The van der Waals surface area contributed by atoms with Gasteiger partial charge in [0.05, 0.1) is 5.02 Å². The van der Waals surface area contributed by atoms with Crippen molar-refractivity contribution in [1.82, 2.24) is 14.8 Å². The molecule has 0 amide bonds. The molecule has 2 rings (SSSR count). The molecule has 0 aliphatic heterocycles. The molecule has 0 saturated carbocycles. The Balaban J connectivity index is 2.45. The van der Waals surface area contributed by atoms with Crippen LogP contribution in [0, 0.1) is 0 Å². The maximum absolute atomic E-state index is 6.11. The molecule has 2 N–H and O–H groups in total. The second kappa shape index (κ2) is 4.63. The summed E-state index contributed by atoms with van der Waals surface area (Å²) in [7, 11) is 1.92. The average molecular weight is 237 g/mol. The molecule has 1 aromatic carbocycles. The van der Waals surface area contributed by atoms with Crippen LogP contribution in [0.25, 0.3) is 11.4 Å². The maximum atomic E-state index is 6.11. The highest BCUT2D eigenvalue weighted by Crippen LogP contribution is 2.25. The monoisotopic (exact) mass is 236 g/mol. The van der Waals surface area contributed by atoms with Crippen LogP contribution < -0.4 is 5.73 Å².